The number of nitrogens with one attached hydrogen (secondary N) is 2. The van der Waals surface area contributed by atoms with Crippen LogP contribution in [-0.2, 0) is 4.79 Å². The monoisotopic (exact) mass is 405 g/mol. The van der Waals surface area contributed by atoms with Gasteiger partial charge in [0.15, 0.2) is 0 Å². The van der Waals surface area contributed by atoms with Crippen LogP contribution in [0.5, 0.6) is 0 Å². The van der Waals surface area contributed by atoms with Gasteiger partial charge in [0.05, 0.1) is 18.3 Å². The van der Waals surface area contributed by atoms with Crippen LogP contribution in [0.3, 0.4) is 0 Å². The van der Waals surface area contributed by atoms with Gasteiger partial charge in [-0.3, -0.25) is 14.5 Å². The number of thioether (sulfide) groups is 1. The summed E-state index contributed by atoms with van der Waals surface area (Å²) in [5.74, 6) is -0.290. The van der Waals surface area contributed by atoms with Crippen molar-refractivity contribution in [2.75, 3.05) is 31.2 Å². The van der Waals surface area contributed by atoms with Gasteiger partial charge in [-0.2, -0.15) is 0 Å². The number of hydrogen-bond donors (Lipinski definition) is 2. The number of aromatic nitrogens is 2. The van der Waals surface area contributed by atoms with E-state index in [1.54, 1.807) is 17.6 Å². The first-order chi connectivity index (χ1) is 13.1. The van der Waals surface area contributed by atoms with Crippen LogP contribution in [0.4, 0.5) is 5.69 Å². The fourth-order valence-electron chi connectivity index (χ4n) is 2.92. The Kier molecular flexibility index (Phi) is 6.81. The van der Waals surface area contributed by atoms with E-state index in [9.17, 15) is 9.59 Å². The molecule has 0 radical (unpaired) electrons. The molecule has 144 valence electrons. The number of thiazole rings is 1. The molecule has 1 saturated heterocycles. The fraction of sp³-hybridized carbons (Fsp3) is 0.444. The van der Waals surface area contributed by atoms with Crippen LogP contribution in [0.25, 0.3) is 0 Å². The topological polar surface area (TPSA) is 87.2 Å². The van der Waals surface area contributed by atoms with Gasteiger partial charge >= 0.3 is 0 Å². The van der Waals surface area contributed by atoms with Gasteiger partial charge in [-0.05, 0) is 51.2 Å². The maximum absolute atomic E-state index is 12.5. The maximum atomic E-state index is 12.5. The Hall–Kier alpha value is -1.97. The number of amides is 2. The van der Waals surface area contributed by atoms with Crippen LogP contribution in [0.2, 0.25) is 0 Å². The number of hydrogen-bond acceptors (Lipinski definition) is 7. The summed E-state index contributed by atoms with van der Waals surface area (Å²) in [4.78, 5) is 35.4. The third-order valence-corrected chi connectivity index (χ3v) is 6.02. The maximum Gasteiger partial charge on any atom is 0.275 e. The molecule has 0 unspecified atom stereocenters. The van der Waals surface area contributed by atoms with Gasteiger partial charge in [0.2, 0.25) is 5.91 Å². The van der Waals surface area contributed by atoms with E-state index in [1.165, 1.54) is 23.1 Å². The number of rotatable bonds is 7. The Morgan fingerprint density at radius 2 is 2.15 bits per heavy atom. The number of nitrogens with zero attached hydrogens (tertiary/aromatic N) is 3. The number of likely N-dealkylation sites (tertiary alicyclic amines) is 1. The lowest BCUT2D eigenvalue weighted by Crippen LogP contribution is -2.36. The SMILES string of the molecule is CSc1ncccc1NC(=O)c1csc([C@@H](C)NC(=O)CN2CCCC2)n1. The minimum absolute atomic E-state index is 0.00873. The highest BCUT2D eigenvalue weighted by Crippen LogP contribution is 2.23. The van der Waals surface area contributed by atoms with Gasteiger partial charge in [0.25, 0.3) is 5.91 Å². The molecule has 2 N–H and O–H groups in total. The van der Waals surface area contributed by atoms with Gasteiger partial charge in [0.1, 0.15) is 15.7 Å². The van der Waals surface area contributed by atoms with Crippen molar-refractivity contribution in [3.63, 3.8) is 0 Å². The zero-order valence-electron chi connectivity index (χ0n) is 15.4. The normalized spacial score (nSPS) is 15.5. The molecule has 7 nitrogen and oxygen atoms in total. The summed E-state index contributed by atoms with van der Waals surface area (Å²) in [6.45, 7) is 4.27. The second kappa shape index (κ2) is 9.29. The van der Waals surface area contributed by atoms with Gasteiger partial charge in [-0.25, -0.2) is 9.97 Å². The molecule has 0 spiro atoms. The van der Waals surface area contributed by atoms with Crippen molar-refractivity contribution in [1.82, 2.24) is 20.2 Å². The second-order valence-corrected chi connectivity index (χ2v) is 8.04. The lowest BCUT2D eigenvalue weighted by Gasteiger charge is -2.16. The fourth-order valence-corrected chi connectivity index (χ4v) is 4.23. The molecular weight excluding hydrogens is 382 g/mol. The molecule has 0 bridgehead atoms. The molecule has 0 saturated carbocycles. The summed E-state index contributed by atoms with van der Waals surface area (Å²) in [7, 11) is 0. The first-order valence-corrected chi connectivity index (χ1v) is 10.9. The average molecular weight is 406 g/mol. The number of anilines is 1. The molecule has 2 amide bonds. The zero-order valence-corrected chi connectivity index (χ0v) is 17.0. The first-order valence-electron chi connectivity index (χ1n) is 8.84. The molecule has 1 aliphatic rings. The molecule has 2 aromatic rings. The van der Waals surface area contributed by atoms with Crippen LogP contribution in [0.1, 0.15) is 41.3 Å². The van der Waals surface area contributed by atoms with E-state index in [-0.39, 0.29) is 17.9 Å². The van der Waals surface area contributed by atoms with Crippen molar-refractivity contribution >= 4 is 40.6 Å². The summed E-state index contributed by atoms with van der Waals surface area (Å²) in [5, 5.41) is 8.99. The molecule has 9 heteroatoms. The highest BCUT2D eigenvalue weighted by Gasteiger charge is 2.20. The molecule has 1 atom stereocenters. The minimum Gasteiger partial charge on any atom is -0.346 e. The quantitative estimate of drug-likeness (QED) is 0.689. The van der Waals surface area contributed by atoms with E-state index >= 15 is 0 Å². The Bertz CT molecular complexity index is 805. The van der Waals surface area contributed by atoms with Crippen LogP contribution in [-0.4, -0.2) is 52.6 Å². The Labute approximate surface area is 167 Å². The summed E-state index contributed by atoms with van der Waals surface area (Å²) < 4.78 is 0. The van der Waals surface area contributed by atoms with Crippen molar-refractivity contribution in [2.45, 2.75) is 30.8 Å². The van der Waals surface area contributed by atoms with E-state index in [1.807, 2.05) is 19.2 Å². The summed E-state index contributed by atoms with van der Waals surface area (Å²) in [5.41, 5.74) is 1.00. The van der Waals surface area contributed by atoms with Crippen molar-refractivity contribution in [1.29, 1.82) is 0 Å². The molecule has 1 aliphatic heterocycles. The molecule has 1 fully saturated rings. The van der Waals surface area contributed by atoms with Gasteiger partial charge in [0, 0.05) is 11.6 Å². The molecule has 0 aliphatic carbocycles. The highest BCUT2D eigenvalue weighted by atomic mass is 32.2. The van der Waals surface area contributed by atoms with Crippen molar-refractivity contribution in [3.8, 4) is 0 Å². The molecule has 3 heterocycles. The Morgan fingerprint density at radius 1 is 1.37 bits per heavy atom. The molecule has 0 aromatic carbocycles. The molecule has 27 heavy (non-hydrogen) atoms. The lowest BCUT2D eigenvalue weighted by atomic mass is 10.3. The molecule has 3 rings (SSSR count). The van der Waals surface area contributed by atoms with Crippen LogP contribution in [0, 0.1) is 0 Å². The summed E-state index contributed by atoms with van der Waals surface area (Å²) in [6, 6.07) is 3.36. The Morgan fingerprint density at radius 3 is 2.89 bits per heavy atom. The number of pyridine rings is 1. The van der Waals surface area contributed by atoms with Crippen LogP contribution in [0.15, 0.2) is 28.7 Å². The van der Waals surface area contributed by atoms with E-state index in [0.717, 1.165) is 31.0 Å². The largest absolute Gasteiger partial charge is 0.346 e. The van der Waals surface area contributed by atoms with E-state index in [0.29, 0.717) is 22.9 Å². The Balaban J connectivity index is 1.58. The zero-order chi connectivity index (χ0) is 19.2. The van der Waals surface area contributed by atoms with Gasteiger partial charge in [-0.15, -0.1) is 23.1 Å². The summed E-state index contributed by atoms with van der Waals surface area (Å²) in [6.07, 6.45) is 5.91. The summed E-state index contributed by atoms with van der Waals surface area (Å²) >= 11 is 2.84. The van der Waals surface area contributed by atoms with Crippen molar-refractivity contribution in [3.05, 3.63) is 34.4 Å². The minimum atomic E-state index is -0.281. The molecule has 2 aromatic heterocycles. The highest BCUT2D eigenvalue weighted by molar-refractivity contribution is 7.98. The average Bonchev–Trinajstić information content (AvgIpc) is 3.34. The number of carbonyl (C=O) groups excluding carboxylic acids is 2. The first kappa shape index (κ1) is 19.8. The van der Waals surface area contributed by atoms with E-state index < -0.39 is 0 Å². The third kappa shape index (κ3) is 5.27. The lowest BCUT2D eigenvalue weighted by molar-refractivity contribution is -0.122. The van der Waals surface area contributed by atoms with Gasteiger partial charge < -0.3 is 10.6 Å². The van der Waals surface area contributed by atoms with Crippen molar-refractivity contribution < 1.29 is 9.59 Å². The second-order valence-electron chi connectivity index (χ2n) is 6.36. The molecular formula is C18H23N5O2S2. The van der Waals surface area contributed by atoms with Crippen LogP contribution >= 0.6 is 23.1 Å². The third-order valence-electron chi connectivity index (χ3n) is 4.28. The smallest absolute Gasteiger partial charge is 0.275 e. The van der Waals surface area contributed by atoms with Crippen LogP contribution < -0.4 is 10.6 Å². The predicted octanol–water partition coefficient (Wildman–Crippen LogP) is 2.79. The van der Waals surface area contributed by atoms with Gasteiger partial charge in [-0.1, -0.05) is 0 Å². The predicted molar refractivity (Wildman–Crippen MR) is 108 cm³/mol. The van der Waals surface area contributed by atoms with E-state index in [4.69, 9.17) is 0 Å². The van der Waals surface area contributed by atoms with Crippen molar-refractivity contribution in [2.24, 2.45) is 0 Å². The number of carbonyl (C=O) groups is 2. The standard InChI is InChI=1S/C18H23N5O2S2/c1-12(20-15(24)10-23-8-3-4-9-23)17-22-14(11-27-17)16(25)21-13-6-5-7-19-18(13)26-2/h5-7,11-12H,3-4,8-10H2,1-2H3,(H,20,24)(H,21,25)/t12-/m1/s1. The van der Waals surface area contributed by atoms with E-state index in [2.05, 4.69) is 25.5 Å².